The highest BCUT2D eigenvalue weighted by Crippen LogP contribution is 2.42. The third-order valence-corrected chi connectivity index (χ3v) is 9.86. The van der Waals surface area contributed by atoms with Gasteiger partial charge in [-0.05, 0) is 69.2 Å². The lowest BCUT2D eigenvalue weighted by molar-refractivity contribution is 0.674. The molecule has 3 heteroatoms. The summed E-state index contributed by atoms with van der Waals surface area (Å²) >= 11 is 0. The van der Waals surface area contributed by atoms with Gasteiger partial charge in [0.2, 0.25) is 0 Å². The van der Waals surface area contributed by atoms with Crippen LogP contribution in [0.5, 0.6) is 0 Å². The van der Waals surface area contributed by atoms with Crippen molar-refractivity contribution in [2.45, 2.75) is 0 Å². The lowest BCUT2D eigenvalue weighted by Gasteiger charge is -2.13. The summed E-state index contributed by atoms with van der Waals surface area (Å²) in [6.45, 7) is 0. The summed E-state index contributed by atoms with van der Waals surface area (Å²) < 4.78 is 6.92. The average Bonchev–Trinajstić information content (AvgIpc) is 3.61. The molecule has 0 aliphatic carbocycles. The maximum absolute atomic E-state index is 6.92. The van der Waals surface area contributed by atoms with Crippen LogP contribution < -0.4 is 0 Å². The molecule has 0 atom stereocenters. The second-order valence-electron chi connectivity index (χ2n) is 13.0. The van der Waals surface area contributed by atoms with E-state index in [-0.39, 0.29) is 0 Å². The van der Waals surface area contributed by atoms with Gasteiger partial charge in [0.15, 0.2) is 5.82 Å². The summed E-state index contributed by atoms with van der Waals surface area (Å²) in [6.07, 6.45) is 0. The van der Waals surface area contributed by atoms with Crippen LogP contribution in [0, 0.1) is 0 Å². The van der Waals surface area contributed by atoms with Gasteiger partial charge in [-0.2, -0.15) is 0 Å². The maximum atomic E-state index is 6.92. The van der Waals surface area contributed by atoms with Gasteiger partial charge >= 0.3 is 0 Å². The Balaban J connectivity index is 1.22. The van der Waals surface area contributed by atoms with Crippen LogP contribution in [-0.2, 0) is 0 Å². The normalized spacial score (nSPS) is 11.5. The number of benzene rings is 8. The topological polar surface area (TPSA) is 38.9 Å². The van der Waals surface area contributed by atoms with Gasteiger partial charge in [-0.1, -0.05) is 146 Å². The zero-order valence-electron chi connectivity index (χ0n) is 27.6. The standard InChI is InChI=1S/C48H30N2O/c1-4-13-31(14-5-1)35-27-36(29-37(28-35)45-30-44(33-16-6-2-7-17-33)49-48(50-45)34-18-8-3-9-19-34)39-21-12-22-41-43-26-25-40-38-20-11-10-15-32(38)23-24-42(40)47(43)51-46(39)41/h1-30H. The van der Waals surface area contributed by atoms with E-state index in [1.165, 1.54) is 16.2 Å². The van der Waals surface area contributed by atoms with E-state index in [1.807, 2.05) is 36.4 Å². The number of para-hydroxylation sites is 1. The molecule has 2 heterocycles. The Morgan fingerprint density at radius 3 is 1.65 bits per heavy atom. The molecule has 0 N–H and O–H groups in total. The Morgan fingerprint density at radius 2 is 0.863 bits per heavy atom. The highest BCUT2D eigenvalue weighted by molar-refractivity contribution is 6.21. The monoisotopic (exact) mass is 650 g/mol. The van der Waals surface area contributed by atoms with E-state index in [2.05, 4.69) is 146 Å². The zero-order valence-corrected chi connectivity index (χ0v) is 27.6. The van der Waals surface area contributed by atoms with Gasteiger partial charge in [-0.15, -0.1) is 0 Å². The molecule has 0 saturated heterocycles. The van der Waals surface area contributed by atoms with E-state index < -0.39 is 0 Å². The summed E-state index contributed by atoms with van der Waals surface area (Å²) in [5.41, 5.74) is 10.9. The third-order valence-electron chi connectivity index (χ3n) is 9.86. The summed E-state index contributed by atoms with van der Waals surface area (Å²) in [6, 6.07) is 63.8. The van der Waals surface area contributed by atoms with Crippen molar-refractivity contribution >= 4 is 43.5 Å². The molecule has 51 heavy (non-hydrogen) atoms. The van der Waals surface area contributed by atoms with Crippen molar-refractivity contribution in [2.24, 2.45) is 0 Å². The average molecular weight is 651 g/mol. The summed E-state index contributed by atoms with van der Waals surface area (Å²) in [7, 11) is 0. The first kappa shape index (κ1) is 29.1. The van der Waals surface area contributed by atoms with Crippen LogP contribution in [0.1, 0.15) is 0 Å². The lowest BCUT2D eigenvalue weighted by Crippen LogP contribution is -1.96. The molecule has 10 aromatic rings. The van der Waals surface area contributed by atoms with Crippen LogP contribution in [0.4, 0.5) is 0 Å². The molecule has 0 amide bonds. The second kappa shape index (κ2) is 11.9. The van der Waals surface area contributed by atoms with Gasteiger partial charge < -0.3 is 4.42 Å². The fourth-order valence-electron chi connectivity index (χ4n) is 7.37. The highest BCUT2D eigenvalue weighted by Gasteiger charge is 2.18. The first-order chi connectivity index (χ1) is 25.3. The van der Waals surface area contributed by atoms with E-state index in [0.29, 0.717) is 5.82 Å². The van der Waals surface area contributed by atoms with Crippen molar-refractivity contribution < 1.29 is 4.42 Å². The molecule has 2 aromatic heterocycles. The molecule has 10 rings (SSSR count). The van der Waals surface area contributed by atoms with Crippen LogP contribution in [0.2, 0.25) is 0 Å². The predicted octanol–water partition coefficient (Wildman–Crippen LogP) is 13.0. The molecular formula is C48H30N2O. The molecule has 0 fully saturated rings. The Morgan fingerprint density at radius 1 is 0.314 bits per heavy atom. The number of nitrogens with zero attached hydrogens (tertiary/aromatic N) is 2. The van der Waals surface area contributed by atoms with E-state index in [9.17, 15) is 0 Å². The molecule has 0 saturated carbocycles. The number of aromatic nitrogens is 2. The molecule has 0 unspecified atom stereocenters. The Labute approximate surface area is 295 Å². The van der Waals surface area contributed by atoms with Crippen molar-refractivity contribution in [1.29, 1.82) is 0 Å². The number of hydrogen-bond acceptors (Lipinski definition) is 3. The van der Waals surface area contributed by atoms with Crippen molar-refractivity contribution in [3.63, 3.8) is 0 Å². The van der Waals surface area contributed by atoms with Crippen LogP contribution in [-0.4, -0.2) is 9.97 Å². The molecule has 0 spiro atoms. The zero-order chi connectivity index (χ0) is 33.7. The highest BCUT2D eigenvalue weighted by atomic mass is 16.3. The quantitative estimate of drug-likeness (QED) is 0.174. The molecule has 0 bridgehead atoms. The van der Waals surface area contributed by atoms with E-state index in [1.54, 1.807) is 0 Å². The maximum Gasteiger partial charge on any atom is 0.160 e. The molecule has 0 aliphatic rings. The molecule has 3 nitrogen and oxygen atoms in total. The van der Waals surface area contributed by atoms with Gasteiger partial charge in [0, 0.05) is 38.4 Å². The summed E-state index contributed by atoms with van der Waals surface area (Å²) in [4.78, 5) is 10.2. The van der Waals surface area contributed by atoms with E-state index in [4.69, 9.17) is 14.4 Å². The minimum absolute atomic E-state index is 0.692. The molecule has 0 aliphatic heterocycles. The largest absolute Gasteiger partial charge is 0.455 e. The predicted molar refractivity (Wildman–Crippen MR) is 212 cm³/mol. The molecule has 8 aromatic carbocycles. The van der Waals surface area contributed by atoms with Crippen LogP contribution >= 0.6 is 0 Å². The summed E-state index contributed by atoms with van der Waals surface area (Å²) in [5.74, 6) is 0.692. The van der Waals surface area contributed by atoms with Gasteiger partial charge in [-0.3, -0.25) is 0 Å². The second-order valence-corrected chi connectivity index (χ2v) is 13.0. The van der Waals surface area contributed by atoms with Gasteiger partial charge in [-0.25, -0.2) is 9.97 Å². The molecule has 0 radical (unpaired) electrons. The van der Waals surface area contributed by atoms with Crippen LogP contribution in [0.3, 0.4) is 0 Å². The Hall–Kier alpha value is -6.84. The first-order valence-electron chi connectivity index (χ1n) is 17.2. The lowest BCUT2D eigenvalue weighted by atomic mass is 9.93. The van der Waals surface area contributed by atoms with Crippen LogP contribution in [0.25, 0.3) is 99.6 Å². The molecular weight excluding hydrogens is 621 g/mol. The van der Waals surface area contributed by atoms with E-state index >= 15 is 0 Å². The third kappa shape index (κ3) is 5.06. The van der Waals surface area contributed by atoms with Crippen molar-refractivity contribution in [3.05, 3.63) is 182 Å². The SMILES string of the molecule is c1ccc(-c2cc(-c3cc(-c4ccccc4)nc(-c4ccccc4)n3)cc(-c3cccc4c3oc3c4ccc4c5ccccc5ccc43)c2)cc1. The minimum Gasteiger partial charge on any atom is -0.455 e. The van der Waals surface area contributed by atoms with E-state index in [0.717, 1.165) is 77.7 Å². The summed E-state index contributed by atoms with van der Waals surface area (Å²) in [5, 5.41) is 6.99. The van der Waals surface area contributed by atoms with Crippen molar-refractivity contribution in [1.82, 2.24) is 9.97 Å². The van der Waals surface area contributed by atoms with Crippen molar-refractivity contribution in [3.8, 4) is 56.2 Å². The van der Waals surface area contributed by atoms with Gasteiger partial charge in [0.25, 0.3) is 0 Å². The van der Waals surface area contributed by atoms with Gasteiger partial charge in [0.1, 0.15) is 11.2 Å². The first-order valence-corrected chi connectivity index (χ1v) is 17.2. The fraction of sp³-hybridized carbons (Fsp3) is 0. The smallest absolute Gasteiger partial charge is 0.160 e. The fourth-order valence-corrected chi connectivity index (χ4v) is 7.37. The van der Waals surface area contributed by atoms with Gasteiger partial charge in [0.05, 0.1) is 11.4 Å². The number of furan rings is 1. The number of rotatable bonds is 5. The Bertz CT molecular complexity index is 2840. The number of fused-ring (bicyclic) bond motifs is 7. The molecule has 238 valence electrons. The minimum atomic E-state index is 0.692. The van der Waals surface area contributed by atoms with Crippen molar-refractivity contribution in [2.75, 3.05) is 0 Å². The number of hydrogen-bond donors (Lipinski definition) is 0. The van der Waals surface area contributed by atoms with Crippen LogP contribution in [0.15, 0.2) is 186 Å². The Kier molecular flexibility index (Phi) is 6.81.